The van der Waals surface area contributed by atoms with E-state index in [4.69, 9.17) is 0 Å². The van der Waals surface area contributed by atoms with E-state index in [2.05, 4.69) is 34.3 Å². The average molecular weight is 249 g/mol. The number of nitrogens with one attached hydrogen (secondary N) is 1. The van der Waals surface area contributed by atoms with Crippen LogP contribution in [0.1, 0.15) is 11.1 Å². The van der Waals surface area contributed by atoms with Gasteiger partial charge in [-0.2, -0.15) is 0 Å². The van der Waals surface area contributed by atoms with Crippen molar-refractivity contribution in [2.24, 2.45) is 0 Å². The molecule has 0 radical (unpaired) electrons. The summed E-state index contributed by atoms with van der Waals surface area (Å²) in [4.78, 5) is 8.68. The largest absolute Gasteiger partial charge is 0.366 e. The summed E-state index contributed by atoms with van der Waals surface area (Å²) in [5.41, 5.74) is 3.38. The maximum absolute atomic E-state index is 4.66. The summed E-state index contributed by atoms with van der Waals surface area (Å²) < 4.78 is 0. The van der Waals surface area contributed by atoms with Crippen molar-refractivity contribution < 1.29 is 0 Å². The minimum absolute atomic E-state index is 0.759. The van der Waals surface area contributed by atoms with Gasteiger partial charge in [0.25, 0.3) is 0 Å². The first-order valence-corrected chi connectivity index (χ1v) is 6.32. The molecule has 2 aromatic heterocycles. The van der Waals surface area contributed by atoms with Crippen LogP contribution in [0.2, 0.25) is 0 Å². The summed E-state index contributed by atoms with van der Waals surface area (Å²) in [6.45, 7) is 2.84. The van der Waals surface area contributed by atoms with Crippen LogP contribution in [-0.4, -0.2) is 9.97 Å². The highest BCUT2D eigenvalue weighted by atomic mass is 15.0. The number of para-hydroxylation sites is 1. The lowest BCUT2D eigenvalue weighted by Gasteiger charge is -2.10. The quantitative estimate of drug-likeness (QED) is 0.771. The molecule has 0 unspecified atom stereocenters. The number of hydrogen-bond donors (Lipinski definition) is 1. The second kappa shape index (κ2) is 5.06. The van der Waals surface area contributed by atoms with Gasteiger partial charge in [0.1, 0.15) is 5.82 Å². The number of rotatable bonds is 3. The summed E-state index contributed by atoms with van der Waals surface area (Å²) in [5.74, 6) is 0.940. The maximum Gasteiger partial charge on any atom is 0.129 e. The minimum Gasteiger partial charge on any atom is -0.366 e. The SMILES string of the molecule is Cc1cc2ccccc2nc1NCc1ccncc1. The zero-order valence-corrected chi connectivity index (χ0v) is 10.8. The van der Waals surface area contributed by atoms with E-state index in [0.29, 0.717) is 0 Å². The first-order valence-electron chi connectivity index (χ1n) is 6.32. The number of aryl methyl sites for hydroxylation is 1. The van der Waals surface area contributed by atoms with Crippen LogP contribution in [0.5, 0.6) is 0 Å². The van der Waals surface area contributed by atoms with E-state index < -0.39 is 0 Å². The second-order valence-corrected chi connectivity index (χ2v) is 4.56. The van der Waals surface area contributed by atoms with Gasteiger partial charge in [-0.05, 0) is 42.3 Å². The summed E-state index contributed by atoms with van der Waals surface area (Å²) in [6, 6.07) is 14.3. The van der Waals surface area contributed by atoms with Crippen LogP contribution >= 0.6 is 0 Å². The molecule has 3 rings (SSSR count). The molecule has 19 heavy (non-hydrogen) atoms. The van der Waals surface area contributed by atoms with Crippen LogP contribution in [0.3, 0.4) is 0 Å². The topological polar surface area (TPSA) is 37.8 Å². The van der Waals surface area contributed by atoms with E-state index in [1.54, 1.807) is 12.4 Å². The van der Waals surface area contributed by atoms with Crippen LogP contribution in [0.15, 0.2) is 54.9 Å². The number of benzene rings is 1. The Bertz CT molecular complexity index is 693. The summed E-state index contributed by atoms with van der Waals surface area (Å²) in [5, 5.41) is 4.56. The van der Waals surface area contributed by atoms with Gasteiger partial charge in [-0.25, -0.2) is 4.98 Å². The summed E-state index contributed by atoms with van der Waals surface area (Å²) in [6.07, 6.45) is 3.61. The highest BCUT2D eigenvalue weighted by molar-refractivity contribution is 5.81. The summed E-state index contributed by atoms with van der Waals surface area (Å²) >= 11 is 0. The molecule has 0 aliphatic heterocycles. The molecular weight excluding hydrogens is 234 g/mol. The molecule has 0 aliphatic rings. The monoisotopic (exact) mass is 249 g/mol. The predicted octanol–water partition coefficient (Wildman–Crippen LogP) is 3.55. The van der Waals surface area contributed by atoms with E-state index in [9.17, 15) is 0 Å². The summed E-state index contributed by atoms with van der Waals surface area (Å²) in [7, 11) is 0. The fourth-order valence-electron chi connectivity index (χ4n) is 2.09. The van der Waals surface area contributed by atoms with Crippen LogP contribution < -0.4 is 5.32 Å². The van der Waals surface area contributed by atoms with Crippen LogP contribution in [-0.2, 0) is 6.54 Å². The van der Waals surface area contributed by atoms with Crippen LogP contribution in [0.4, 0.5) is 5.82 Å². The minimum atomic E-state index is 0.759. The van der Waals surface area contributed by atoms with Crippen molar-refractivity contribution in [3.05, 3.63) is 66.0 Å². The first kappa shape index (κ1) is 11.7. The lowest BCUT2D eigenvalue weighted by molar-refractivity contribution is 1.10. The third-order valence-corrected chi connectivity index (χ3v) is 3.12. The van der Waals surface area contributed by atoms with Crippen molar-refractivity contribution in [1.82, 2.24) is 9.97 Å². The number of pyridine rings is 2. The Morgan fingerprint density at radius 2 is 1.84 bits per heavy atom. The Balaban J connectivity index is 1.86. The van der Waals surface area contributed by atoms with E-state index in [0.717, 1.165) is 23.4 Å². The van der Waals surface area contributed by atoms with Gasteiger partial charge in [-0.3, -0.25) is 4.98 Å². The standard InChI is InChI=1S/C16H15N3/c1-12-10-14-4-2-3-5-15(14)19-16(12)18-11-13-6-8-17-9-7-13/h2-10H,11H2,1H3,(H,18,19). The highest BCUT2D eigenvalue weighted by Crippen LogP contribution is 2.19. The van der Waals surface area contributed by atoms with Gasteiger partial charge < -0.3 is 5.32 Å². The Kier molecular flexibility index (Phi) is 3.11. The van der Waals surface area contributed by atoms with Gasteiger partial charge in [0, 0.05) is 24.3 Å². The van der Waals surface area contributed by atoms with Gasteiger partial charge >= 0.3 is 0 Å². The van der Waals surface area contributed by atoms with E-state index in [1.807, 2.05) is 30.3 Å². The molecule has 1 N–H and O–H groups in total. The molecule has 0 atom stereocenters. The van der Waals surface area contributed by atoms with Crippen molar-refractivity contribution in [3.8, 4) is 0 Å². The van der Waals surface area contributed by atoms with Gasteiger partial charge in [0.05, 0.1) is 5.52 Å². The van der Waals surface area contributed by atoms with Crippen LogP contribution in [0.25, 0.3) is 10.9 Å². The molecular formula is C16H15N3. The molecule has 0 fully saturated rings. The third-order valence-electron chi connectivity index (χ3n) is 3.12. The molecule has 0 saturated heterocycles. The van der Waals surface area contributed by atoms with Crippen molar-refractivity contribution in [2.45, 2.75) is 13.5 Å². The van der Waals surface area contributed by atoms with E-state index >= 15 is 0 Å². The Hall–Kier alpha value is -2.42. The third kappa shape index (κ3) is 2.55. The molecule has 0 bridgehead atoms. The fraction of sp³-hybridized carbons (Fsp3) is 0.125. The lowest BCUT2D eigenvalue weighted by atomic mass is 10.1. The normalized spacial score (nSPS) is 10.6. The van der Waals surface area contributed by atoms with Crippen molar-refractivity contribution in [3.63, 3.8) is 0 Å². The van der Waals surface area contributed by atoms with Gasteiger partial charge in [0.2, 0.25) is 0 Å². The van der Waals surface area contributed by atoms with Gasteiger partial charge in [-0.1, -0.05) is 18.2 Å². The lowest BCUT2D eigenvalue weighted by Crippen LogP contribution is -2.03. The number of nitrogens with zero attached hydrogens (tertiary/aromatic N) is 2. The molecule has 3 nitrogen and oxygen atoms in total. The highest BCUT2D eigenvalue weighted by Gasteiger charge is 2.02. The van der Waals surface area contributed by atoms with Crippen LogP contribution in [0, 0.1) is 6.92 Å². The fourth-order valence-corrected chi connectivity index (χ4v) is 2.09. The number of hydrogen-bond acceptors (Lipinski definition) is 3. The molecule has 0 saturated carbocycles. The Morgan fingerprint density at radius 3 is 2.68 bits per heavy atom. The maximum atomic E-state index is 4.66. The van der Waals surface area contributed by atoms with Crippen molar-refractivity contribution >= 4 is 16.7 Å². The average Bonchev–Trinajstić information content (AvgIpc) is 2.46. The molecule has 0 amide bonds. The van der Waals surface area contributed by atoms with Crippen molar-refractivity contribution in [2.75, 3.05) is 5.32 Å². The first-order chi connectivity index (χ1) is 9.33. The number of fused-ring (bicyclic) bond motifs is 1. The molecule has 0 spiro atoms. The van der Waals surface area contributed by atoms with Gasteiger partial charge in [-0.15, -0.1) is 0 Å². The number of anilines is 1. The molecule has 94 valence electrons. The zero-order chi connectivity index (χ0) is 13.1. The van der Waals surface area contributed by atoms with Gasteiger partial charge in [0.15, 0.2) is 0 Å². The smallest absolute Gasteiger partial charge is 0.129 e. The second-order valence-electron chi connectivity index (χ2n) is 4.56. The Labute approximate surface area is 112 Å². The molecule has 2 heterocycles. The molecule has 1 aromatic carbocycles. The van der Waals surface area contributed by atoms with E-state index in [-0.39, 0.29) is 0 Å². The molecule has 3 aromatic rings. The molecule has 3 heteroatoms. The van der Waals surface area contributed by atoms with Crippen molar-refractivity contribution in [1.29, 1.82) is 0 Å². The molecule has 0 aliphatic carbocycles. The number of aromatic nitrogens is 2. The zero-order valence-electron chi connectivity index (χ0n) is 10.8. The predicted molar refractivity (Wildman–Crippen MR) is 78.0 cm³/mol. The van der Waals surface area contributed by atoms with E-state index in [1.165, 1.54) is 10.9 Å². The Morgan fingerprint density at radius 1 is 1.05 bits per heavy atom.